The zero-order valence-electron chi connectivity index (χ0n) is 24.7. The van der Waals surface area contributed by atoms with Crippen LogP contribution in [0.5, 0.6) is 0 Å². The van der Waals surface area contributed by atoms with Crippen molar-refractivity contribution in [2.45, 2.75) is 76.2 Å². The van der Waals surface area contributed by atoms with Crippen molar-refractivity contribution in [1.82, 2.24) is 31.5 Å². The number of hydrogen-bond acceptors (Lipinski definition) is 8. The van der Waals surface area contributed by atoms with Crippen LogP contribution in [-0.4, -0.2) is 106 Å². The average Bonchev–Trinajstić information content (AvgIpc) is 3.47. The Morgan fingerprint density at radius 2 is 1.50 bits per heavy atom. The number of carboxylic acid groups (broad SMARTS) is 1. The summed E-state index contributed by atoms with van der Waals surface area (Å²) in [7, 11) is 0. The number of fused-ring (bicyclic) bond motifs is 1. The van der Waals surface area contributed by atoms with Crippen molar-refractivity contribution in [2.24, 2.45) is 5.92 Å². The molecule has 5 atom stereocenters. The lowest BCUT2D eigenvalue weighted by atomic mass is 10.00. The first kappa shape index (κ1) is 34.0. The monoisotopic (exact) mass is 616 g/mol. The summed E-state index contributed by atoms with van der Waals surface area (Å²) in [6.07, 6.45) is 0.109. The molecule has 1 aromatic rings. The van der Waals surface area contributed by atoms with E-state index in [-0.39, 0.29) is 25.3 Å². The van der Waals surface area contributed by atoms with Crippen molar-refractivity contribution in [1.29, 1.82) is 0 Å². The van der Waals surface area contributed by atoms with Gasteiger partial charge in [-0.2, -0.15) is 0 Å². The van der Waals surface area contributed by atoms with Crippen molar-refractivity contribution in [3.8, 4) is 0 Å². The zero-order valence-corrected chi connectivity index (χ0v) is 24.7. The van der Waals surface area contributed by atoms with Gasteiger partial charge in [-0.15, -0.1) is 0 Å². The van der Waals surface area contributed by atoms with Gasteiger partial charge >= 0.3 is 5.97 Å². The Labute approximate surface area is 254 Å². The molecule has 3 rings (SSSR count). The minimum Gasteiger partial charge on any atom is -0.481 e. The van der Waals surface area contributed by atoms with E-state index in [1.54, 1.807) is 30.3 Å². The molecular formula is C29H40N6O9. The van der Waals surface area contributed by atoms with Gasteiger partial charge in [0.05, 0.1) is 19.6 Å². The maximum atomic E-state index is 13.6. The first-order chi connectivity index (χ1) is 20.9. The van der Waals surface area contributed by atoms with Crippen LogP contribution in [-0.2, 0) is 40.0 Å². The third kappa shape index (κ3) is 9.49. The Morgan fingerprint density at radius 1 is 0.864 bits per heavy atom. The Hall–Kier alpha value is -4.53. The average molecular weight is 617 g/mol. The van der Waals surface area contributed by atoms with Crippen LogP contribution >= 0.6 is 0 Å². The van der Waals surface area contributed by atoms with Gasteiger partial charge in [0.2, 0.25) is 35.4 Å². The first-order valence-electron chi connectivity index (χ1n) is 14.5. The number of carbonyl (C=O) groups is 7. The molecule has 15 nitrogen and oxygen atoms in total. The van der Waals surface area contributed by atoms with Crippen LogP contribution in [0.25, 0.3) is 0 Å². The Morgan fingerprint density at radius 3 is 2.14 bits per heavy atom. The summed E-state index contributed by atoms with van der Waals surface area (Å²) in [6.45, 7) is 2.38. The molecule has 0 saturated carbocycles. The number of amides is 6. The molecule has 2 saturated heterocycles. The van der Waals surface area contributed by atoms with Crippen LogP contribution in [0.15, 0.2) is 30.3 Å². The van der Waals surface area contributed by atoms with Gasteiger partial charge in [-0.1, -0.05) is 44.2 Å². The molecule has 15 heteroatoms. The smallest absolute Gasteiger partial charge is 0.305 e. The molecule has 2 fully saturated rings. The van der Waals surface area contributed by atoms with Crippen LogP contribution in [0.3, 0.4) is 0 Å². The molecule has 44 heavy (non-hydrogen) atoms. The molecule has 2 aliphatic heterocycles. The SMILES string of the molecule is CC(C)C[C@@H]1NC(=O)[C@@H]2CCCN2C(=O)[C@H](CO)NC(=O)CNC(=O)[C@H](CC(=O)O)NC(=O)[C@H](Cc2ccccc2)NC1=O. The Bertz CT molecular complexity index is 1240. The van der Waals surface area contributed by atoms with E-state index in [4.69, 9.17) is 0 Å². The van der Waals surface area contributed by atoms with Crippen molar-refractivity contribution in [3.63, 3.8) is 0 Å². The van der Waals surface area contributed by atoms with Crippen LogP contribution in [0.1, 0.15) is 45.1 Å². The highest BCUT2D eigenvalue weighted by molar-refractivity contribution is 5.98. The largest absolute Gasteiger partial charge is 0.481 e. The van der Waals surface area contributed by atoms with Crippen molar-refractivity contribution in [3.05, 3.63) is 35.9 Å². The molecule has 2 heterocycles. The van der Waals surface area contributed by atoms with Crippen molar-refractivity contribution < 1.29 is 43.8 Å². The van der Waals surface area contributed by atoms with E-state index in [1.165, 1.54) is 4.90 Å². The highest BCUT2D eigenvalue weighted by Gasteiger charge is 2.39. The maximum Gasteiger partial charge on any atom is 0.305 e. The van der Waals surface area contributed by atoms with Crippen molar-refractivity contribution in [2.75, 3.05) is 19.7 Å². The molecule has 6 amide bonds. The second-order valence-electron chi connectivity index (χ2n) is 11.3. The number of nitrogens with one attached hydrogen (secondary N) is 5. The van der Waals surface area contributed by atoms with E-state index in [0.29, 0.717) is 18.4 Å². The lowest BCUT2D eigenvalue weighted by Crippen LogP contribution is -2.60. The molecule has 0 aromatic heterocycles. The van der Waals surface area contributed by atoms with Crippen LogP contribution < -0.4 is 26.6 Å². The lowest BCUT2D eigenvalue weighted by Gasteiger charge is -2.30. The number of aliphatic hydroxyl groups is 1. The highest BCUT2D eigenvalue weighted by atomic mass is 16.4. The maximum absolute atomic E-state index is 13.6. The van der Waals surface area contributed by atoms with E-state index in [2.05, 4.69) is 26.6 Å². The summed E-state index contributed by atoms with van der Waals surface area (Å²) in [5, 5.41) is 31.5. The molecule has 0 radical (unpaired) electrons. The Kier molecular flexibility index (Phi) is 12.2. The standard InChI is InChI=1S/C29H40N6O9/c1-16(2)11-18-26(41)32-19(12-17-7-4-3-5-8-17)27(42)33-20(13-24(38)39)25(40)30-14-23(37)31-21(15-36)29(44)35-10-6-9-22(35)28(43)34-18/h3-5,7-8,16,18-22,36H,6,9-15H2,1-2H3,(H,30,40)(H,31,37)(H,32,41)(H,33,42)(H,34,43)(H,38,39)/t18-,19-,20-,21-,22-/m0/s1. The summed E-state index contributed by atoms with van der Waals surface area (Å²) in [6, 6.07) is 2.32. The molecule has 2 aliphatic rings. The molecular weight excluding hydrogens is 576 g/mol. The summed E-state index contributed by atoms with van der Waals surface area (Å²) in [5.74, 6) is -6.17. The fourth-order valence-corrected chi connectivity index (χ4v) is 5.18. The predicted molar refractivity (Wildman–Crippen MR) is 154 cm³/mol. The predicted octanol–water partition coefficient (Wildman–Crippen LogP) is -2.20. The molecule has 7 N–H and O–H groups in total. The topological polar surface area (TPSA) is 223 Å². The number of benzene rings is 1. The van der Waals surface area contributed by atoms with E-state index < -0.39 is 91.2 Å². The summed E-state index contributed by atoms with van der Waals surface area (Å²) < 4.78 is 0. The molecule has 240 valence electrons. The number of nitrogens with zero attached hydrogens (tertiary/aromatic N) is 1. The molecule has 0 spiro atoms. The molecule has 0 aliphatic carbocycles. The normalized spacial score (nSPS) is 26.0. The van der Waals surface area contributed by atoms with Crippen LogP contribution in [0.2, 0.25) is 0 Å². The van der Waals surface area contributed by atoms with E-state index in [1.807, 2.05) is 13.8 Å². The minimum atomic E-state index is -1.62. The van der Waals surface area contributed by atoms with Crippen LogP contribution in [0, 0.1) is 5.92 Å². The zero-order chi connectivity index (χ0) is 32.4. The van der Waals surface area contributed by atoms with Gasteiger partial charge in [0.1, 0.15) is 30.2 Å². The molecule has 1 aromatic carbocycles. The van der Waals surface area contributed by atoms with Gasteiger partial charge in [-0.3, -0.25) is 33.6 Å². The highest BCUT2D eigenvalue weighted by Crippen LogP contribution is 2.20. The number of carboxylic acids is 1. The third-order valence-electron chi connectivity index (χ3n) is 7.35. The van der Waals surface area contributed by atoms with E-state index in [0.717, 1.165) is 0 Å². The second-order valence-corrected chi connectivity index (χ2v) is 11.3. The molecule has 0 unspecified atom stereocenters. The number of carbonyl (C=O) groups excluding carboxylic acids is 6. The quantitative estimate of drug-likeness (QED) is 0.176. The summed E-state index contributed by atoms with van der Waals surface area (Å²) >= 11 is 0. The second kappa shape index (κ2) is 15.8. The third-order valence-corrected chi connectivity index (χ3v) is 7.35. The fraction of sp³-hybridized carbons (Fsp3) is 0.552. The van der Waals surface area contributed by atoms with E-state index in [9.17, 15) is 43.8 Å². The van der Waals surface area contributed by atoms with Crippen LogP contribution in [0.4, 0.5) is 0 Å². The number of aliphatic carboxylic acids is 1. The summed E-state index contributed by atoms with van der Waals surface area (Å²) in [4.78, 5) is 92.0. The first-order valence-corrected chi connectivity index (χ1v) is 14.5. The number of hydrogen-bond donors (Lipinski definition) is 7. The van der Waals surface area contributed by atoms with Gasteiger partial charge < -0.3 is 41.7 Å². The minimum absolute atomic E-state index is 0.0158. The van der Waals surface area contributed by atoms with Gasteiger partial charge in [0.15, 0.2) is 0 Å². The number of rotatable bonds is 7. The fourth-order valence-electron chi connectivity index (χ4n) is 5.18. The van der Waals surface area contributed by atoms with Gasteiger partial charge in [-0.05, 0) is 30.7 Å². The lowest BCUT2D eigenvalue weighted by molar-refractivity contribution is -0.143. The number of aliphatic hydroxyl groups excluding tert-OH is 1. The van der Waals surface area contributed by atoms with Crippen molar-refractivity contribution >= 4 is 41.4 Å². The van der Waals surface area contributed by atoms with Gasteiger partial charge in [-0.25, -0.2) is 0 Å². The van der Waals surface area contributed by atoms with E-state index >= 15 is 0 Å². The molecule has 0 bridgehead atoms. The van der Waals surface area contributed by atoms with Gasteiger partial charge in [0.25, 0.3) is 0 Å². The Balaban J connectivity index is 1.99. The van der Waals surface area contributed by atoms with Gasteiger partial charge in [0, 0.05) is 13.0 Å². The summed E-state index contributed by atoms with van der Waals surface area (Å²) in [5.41, 5.74) is 0.661.